The molecule has 0 amide bonds. The molecular formula is C25H19FN6O2. The van der Waals surface area contributed by atoms with E-state index in [0.29, 0.717) is 27.9 Å². The molecule has 0 atom stereocenters. The maximum Gasteiger partial charge on any atom is 0.216 e. The van der Waals surface area contributed by atoms with Crippen molar-refractivity contribution in [3.05, 3.63) is 77.1 Å². The average Bonchev–Trinajstić information content (AvgIpc) is 3.23. The minimum absolute atomic E-state index is 0.0319. The number of pyridine rings is 2. The Bertz CT molecular complexity index is 1500. The fourth-order valence-electron chi connectivity index (χ4n) is 4.05. The highest BCUT2D eigenvalue weighted by Crippen LogP contribution is 2.37. The fraction of sp³-hybridized carbons (Fsp3) is 0.160. The second kappa shape index (κ2) is 8.08. The predicted molar refractivity (Wildman–Crippen MR) is 122 cm³/mol. The van der Waals surface area contributed by atoms with Crippen LogP contribution in [0.4, 0.5) is 10.2 Å². The molecule has 3 aromatic heterocycles. The fourth-order valence-corrected chi connectivity index (χ4v) is 4.05. The van der Waals surface area contributed by atoms with E-state index >= 15 is 0 Å². The Balaban J connectivity index is 1.88. The van der Waals surface area contributed by atoms with E-state index in [1.54, 1.807) is 30.5 Å². The summed E-state index contributed by atoms with van der Waals surface area (Å²) in [5.74, 6) is -0.493. The van der Waals surface area contributed by atoms with Crippen molar-refractivity contribution in [3.8, 4) is 34.2 Å². The van der Waals surface area contributed by atoms with Crippen LogP contribution < -0.4 is 10.5 Å². The number of anilines is 1. The largest absolute Gasteiger partial charge is 0.485 e. The maximum absolute atomic E-state index is 14.1. The number of carbonyl (C=O) groups is 1. The van der Waals surface area contributed by atoms with Crippen molar-refractivity contribution in [1.29, 1.82) is 5.26 Å². The summed E-state index contributed by atoms with van der Waals surface area (Å²) >= 11 is 0. The number of hydrogen-bond acceptors (Lipinski definition) is 7. The molecular weight excluding hydrogens is 435 g/mol. The number of ketones is 1. The van der Waals surface area contributed by atoms with Gasteiger partial charge in [0.2, 0.25) is 5.78 Å². The molecule has 5 rings (SSSR count). The van der Waals surface area contributed by atoms with Gasteiger partial charge in [0.05, 0.1) is 16.8 Å². The lowest BCUT2D eigenvalue weighted by molar-refractivity contribution is 0.103. The van der Waals surface area contributed by atoms with E-state index in [1.165, 1.54) is 23.0 Å². The van der Waals surface area contributed by atoms with Gasteiger partial charge in [-0.3, -0.25) is 14.5 Å². The van der Waals surface area contributed by atoms with Crippen molar-refractivity contribution < 1.29 is 13.9 Å². The van der Waals surface area contributed by atoms with Gasteiger partial charge in [0, 0.05) is 35.1 Å². The number of benzene rings is 1. The second-order valence-corrected chi connectivity index (χ2v) is 8.15. The summed E-state index contributed by atoms with van der Waals surface area (Å²) in [6, 6.07) is 11.1. The first kappa shape index (κ1) is 21.3. The normalized spacial score (nSPS) is 12.5. The number of nitrogens with two attached hydrogens (primary N) is 1. The quantitative estimate of drug-likeness (QED) is 0.455. The number of ether oxygens (including phenoxy) is 1. The molecule has 4 heterocycles. The molecule has 0 unspecified atom stereocenters. The third-order valence-electron chi connectivity index (χ3n) is 5.65. The molecule has 0 fully saturated rings. The summed E-state index contributed by atoms with van der Waals surface area (Å²) < 4.78 is 21.6. The molecule has 1 aliphatic heterocycles. The van der Waals surface area contributed by atoms with Gasteiger partial charge < -0.3 is 10.5 Å². The molecule has 1 aliphatic rings. The van der Waals surface area contributed by atoms with E-state index in [0.717, 1.165) is 0 Å². The van der Waals surface area contributed by atoms with Crippen LogP contribution in [-0.4, -0.2) is 25.5 Å². The second-order valence-electron chi connectivity index (χ2n) is 8.15. The Labute approximate surface area is 194 Å². The van der Waals surface area contributed by atoms with Gasteiger partial charge in [0.25, 0.3) is 0 Å². The number of hydrogen-bond donors (Lipinski definition) is 1. The van der Waals surface area contributed by atoms with Crippen LogP contribution in [0.25, 0.3) is 22.4 Å². The summed E-state index contributed by atoms with van der Waals surface area (Å²) in [4.78, 5) is 22.6. The minimum atomic E-state index is -0.449. The number of rotatable bonds is 1. The number of halogens is 1. The van der Waals surface area contributed by atoms with Gasteiger partial charge >= 0.3 is 0 Å². The predicted octanol–water partition coefficient (Wildman–Crippen LogP) is 4.30. The van der Waals surface area contributed by atoms with Crippen LogP contribution in [0.15, 0.2) is 48.8 Å². The van der Waals surface area contributed by atoms with E-state index in [9.17, 15) is 14.4 Å². The molecule has 0 aliphatic carbocycles. The van der Waals surface area contributed by atoms with Crippen LogP contribution in [0, 0.1) is 17.1 Å². The molecule has 1 aromatic carbocycles. The number of fused-ring (bicyclic) bond motifs is 7. The van der Waals surface area contributed by atoms with E-state index < -0.39 is 11.6 Å². The van der Waals surface area contributed by atoms with Crippen LogP contribution in [0.3, 0.4) is 0 Å². The summed E-state index contributed by atoms with van der Waals surface area (Å²) in [6.45, 7) is 3.71. The monoisotopic (exact) mass is 454 g/mol. The van der Waals surface area contributed by atoms with Gasteiger partial charge in [-0.2, -0.15) is 10.4 Å². The molecule has 2 N–H and O–H groups in total. The number of nitriles is 1. The van der Waals surface area contributed by atoms with Gasteiger partial charge in [-0.1, -0.05) is 0 Å². The molecule has 0 saturated carbocycles. The summed E-state index contributed by atoms with van der Waals surface area (Å²) in [5.41, 5.74) is 8.82. The van der Waals surface area contributed by atoms with Crippen molar-refractivity contribution in [2.24, 2.45) is 0 Å². The van der Waals surface area contributed by atoms with Crippen molar-refractivity contribution in [3.63, 3.8) is 0 Å². The molecule has 2 bridgehead atoms. The summed E-state index contributed by atoms with van der Waals surface area (Å²) in [7, 11) is 0. The number of nitrogen functional groups attached to an aromatic ring is 1. The van der Waals surface area contributed by atoms with E-state index in [2.05, 4.69) is 21.1 Å². The lowest BCUT2D eigenvalue weighted by atomic mass is 9.94. The van der Waals surface area contributed by atoms with Crippen molar-refractivity contribution in [2.75, 3.05) is 5.73 Å². The number of carbonyl (C=O) groups excluding carboxylic acids is 1. The SMILES string of the molecule is CC(C)n1nc2c(c1C#N)-c1cnc(N)c(c1)OCc1cc(F)ccc1-c1ncccc1C2=O. The van der Waals surface area contributed by atoms with Gasteiger partial charge in [0.1, 0.15) is 29.9 Å². The minimum Gasteiger partial charge on any atom is -0.485 e. The number of nitrogens with zero attached hydrogens (tertiary/aromatic N) is 5. The van der Waals surface area contributed by atoms with Crippen molar-refractivity contribution >= 4 is 11.6 Å². The average molecular weight is 454 g/mol. The Morgan fingerprint density at radius 1 is 1.18 bits per heavy atom. The van der Waals surface area contributed by atoms with E-state index in [1.807, 2.05) is 13.8 Å². The summed E-state index contributed by atoms with van der Waals surface area (Å²) in [6.07, 6.45) is 3.04. The van der Waals surface area contributed by atoms with Gasteiger partial charge in [0.15, 0.2) is 11.6 Å². The molecule has 0 radical (unpaired) electrons. The zero-order chi connectivity index (χ0) is 24.0. The first-order valence-corrected chi connectivity index (χ1v) is 10.6. The first-order valence-electron chi connectivity index (χ1n) is 10.6. The van der Waals surface area contributed by atoms with Crippen LogP contribution in [0.1, 0.15) is 47.2 Å². The molecule has 4 aromatic rings. The molecule has 168 valence electrons. The Morgan fingerprint density at radius 3 is 2.76 bits per heavy atom. The lowest BCUT2D eigenvalue weighted by Gasteiger charge is -2.16. The van der Waals surface area contributed by atoms with Crippen LogP contribution >= 0.6 is 0 Å². The standard InChI is InChI=1S/C25H19FN6O2/c1-13(2)32-19(10-27)21-14-9-20(25(28)30-11-14)34-12-15-8-16(26)5-6-17(15)22-18(4-3-7-29-22)24(33)23(21)31-32/h3-9,11,13H,12H2,1-2H3,(H2,28,30). The van der Waals surface area contributed by atoms with Crippen molar-refractivity contribution in [2.45, 2.75) is 26.5 Å². The smallest absolute Gasteiger partial charge is 0.216 e. The highest BCUT2D eigenvalue weighted by atomic mass is 19.1. The Morgan fingerprint density at radius 2 is 2.00 bits per heavy atom. The van der Waals surface area contributed by atoms with Crippen LogP contribution in [0.5, 0.6) is 5.75 Å². The van der Waals surface area contributed by atoms with Crippen molar-refractivity contribution in [1.82, 2.24) is 19.7 Å². The highest BCUT2D eigenvalue weighted by molar-refractivity contribution is 6.15. The maximum atomic E-state index is 14.1. The van der Waals surface area contributed by atoms with Gasteiger partial charge in [-0.25, -0.2) is 9.37 Å². The van der Waals surface area contributed by atoms with Gasteiger partial charge in [-0.15, -0.1) is 0 Å². The molecule has 9 heteroatoms. The third-order valence-corrected chi connectivity index (χ3v) is 5.65. The summed E-state index contributed by atoms with van der Waals surface area (Å²) in [5, 5.41) is 14.5. The van der Waals surface area contributed by atoms with Crippen LogP contribution in [0.2, 0.25) is 0 Å². The zero-order valence-electron chi connectivity index (χ0n) is 18.4. The van der Waals surface area contributed by atoms with E-state index in [-0.39, 0.29) is 41.2 Å². The van der Waals surface area contributed by atoms with Crippen LogP contribution in [-0.2, 0) is 6.61 Å². The molecule has 0 saturated heterocycles. The van der Waals surface area contributed by atoms with Gasteiger partial charge in [-0.05, 0) is 50.2 Å². The molecule has 0 spiro atoms. The topological polar surface area (TPSA) is 120 Å². The number of aromatic nitrogens is 4. The Kier molecular flexibility index (Phi) is 5.06. The Hall–Kier alpha value is -4.58. The highest BCUT2D eigenvalue weighted by Gasteiger charge is 2.29. The third kappa shape index (κ3) is 3.36. The zero-order valence-corrected chi connectivity index (χ0v) is 18.4. The first-order chi connectivity index (χ1) is 16.4. The van der Waals surface area contributed by atoms with E-state index in [4.69, 9.17) is 10.5 Å². The molecule has 8 nitrogen and oxygen atoms in total. The molecule has 34 heavy (non-hydrogen) atoms. The lowest BCUT2D eigenvalue weighted by Crippen LogP contribution is -2.11.